The van der Waals surface area contributed by atoms with E-state index in [1.807, 2.05) is 24.3 Å². The molecule has 0 aromatic heterocycles. The van der Waals surface area contributed by atoms with Gasteiger partial charge in [0, 0.05) is 29.1 Å². The molecule has 0 aliphatic carbocycles. The fourth-order valence-corrected chi connectivity index (χ4v) is 2.18. The normalized spacial score (nSPS) is 10.3. The van der Waals surface area contributed by atoms with Gasteiger partial charge >= 0.3 is 0 Å². The Kier molecular flexibility index (Phi) is 5.73. The van der Waals surface area contributed by atoms with E-state index >= 15 is 0 Å². The molecule has 2 aromatic rings. The maximum atomic E-state index is 12.0. The van der Waals surface area contributed by atoms with Crippen molar-refractivity contribution >= 4 is 29.0 Å². The Hall–Kier alpha value is -2.13. The van der Waals surface area contributed by atoms with E-state index < -0.39 is 0 Å². The second-order valence-electron chi connectivity index (χ2n) is 5.03. The summed E-state index contributed by atoms with van der Waals surface area (Å²) in [6.45, 7) is 2.07. The van der Waals surface area contributed by atoms with E-state index in [1.165, 1.54) is 5.56 Å². The number of anilines is 1. The number of hydrogen-bond donors (Lipinski definition) is 1. The van der Waals surface area contributed by atoms with E-state index in [1.54, 1.807) is 24.3 Å². The molecular formula is C18H18ClNO2. The number of nitrogens with one attached hydrogen (secondary N) is 1. The van der Waals surface area contributed by atoms with Crippen LogP contribution in [0.25, 0.3) is 0 Å². The average molecular weight is 316 g/mol. The Morgan fingerprint density at radius 1 is 0.955 bits per heavy atom. The van der Waals surface area contributed by atoms with Gasteiger partial charge in [-0.05, 0) is 36.2 Å². The van der Waals surface area contributed by atoms with Crippen LogP contribution in [0.15, 0.2) is 48.5 Å². The number of amides is 1. The third kappa shape index (κ3) is 4.71. The molecule has 2 rings (SSSR count). The van der Waals surface area contributed by atoms with Gasteiger partial charge in [0.2, 0.25) is 5.91 Å². The summed E-state index contributed by atoms with van der Waals surface area (Å²) < 4.78 is 0. The Labute approximate surface area is 135 Å². The lowest BCUT2D eigenvalue weighted by Gasteiger charge is -2.05. The molecular weight excluding hydrogens is 298 g/mol. The van der Waals surface area contributed by atoms with Crippen LogP contribution in [-0.2, 0) is 11.2 Å². The lowest BCUT2D eigenvalue weighted by atomic mass is 10.0. The van der Waals surface area contributed by atoms with Gasteiger partial charge in [-0.25, -0.2) is 0 Å². The SMILES string of the molecule is CCc1ccc(C(=O)CCC(=O)Nc2ccc(Cl)cc2)cc1. The highest BCUT2D eigenvalue weighted by Gasteiger charge is 2.09. The first-order valence-electron chi connectivity index (χ1n) is 7.26. The summed E-state index contributed by atoms with van der Waals surface area (Å²) in [5, 5.41) is 3.36. The summed E-state index contributed by atoms with van der Waals surface area (Å²) in [4.78, 5) is 23.9. The zero-order chi connectivity index (χ0) is 15.9. The maximum absolute atomic E-state index is 12.0. The van der Waals surface area contributed by atoms with Gasteiger partial charge in [0.25, 0.3) is 0 Å². The molecule has 0 spiro atoms. The van der Waals surface area contributed by atoms with Gasteiger partial charge in [0.15, 0.2) is 5.78 Å². The number of Topliss-reactive ketones (excluding diaryl/α,β-unsaturated/α-hetero) is 1. The second kappa shape index (κ2) is 7.76. The number of benzene rings is 2. The van der Waals surface area contributed by atoms with E-state index in [0.717, 1.165) is 6.42 Å². The van der Waals surface area contributed by atoms with Crippen LogP contribution >= 0.6 is 11.6 Å². The monoisotopic (exact) mass is 315 g/mol. The number of rotatable bonds is 6. The summed E-state index contributed by atoms with van der Waals surface area (Å²) in [6.07, 6.45) is 1.31. The molecule has 0 heterocycles. The molecule has 2 aromatic carbocycles. The number of hydrogen-bond acceptors (Lipinski definition) is 2. The first kappa shape index (κ1) is 16.2. The smallest absolute Gasteiger partial charge is 0.224 e. The highest BCUT2D eigenvalue weighted by Crippen LogP contribution is 2.14. The second-order valence-corrected chi connectivity index (χ2v) is 5.47. The Morgan fingerprint density at radius 2 is 1.59 bits per heavy atom. The molecule has 1 N–H and O–H groups in total. The van der Waals surface area contributed by atoms with Crippen molar-refractivity contribution in [1.29, 1.82) is 0 Å². The summed E-state index contributed by atoms with van der Waals surface area (Å²) in [7, 11) is 0. The molecule has 0 saturated carbocycles. The van der Waals surface area contributed by atoms with Crippen LogP contribution in [0, 0.1) is 0 Å². The van der Waals surface area contributed by atoms with Crippen LogP contribution < -0.4 is 5.32 Å². The molecule has 0 aliphatic heterocycles. The van der Waals surface area contributed by atoms with E-state index in [2.05, 4.69) is 12.2 Å². The van der Waals surface area contributed by atoms with Crippen molar-refractivity contribution in [3.63, 3.8) is 0 Å². The molecule has 0 aliphatic rings. The molecule has 4 heteroatoms. The number of aryl methyl sites for hydroxylation is 1. The third-order valence-corrected chi connectivity index (χ3v) is 3.64. The highest BCUT2D eigenvalue weighted by molar-refractivity contribution is 6.30. The summed E-state index contributed by atoms with van der Waals surface area (Å²) in [5.74, 6) is -0.199. The Bertz CT molecular complexity index is 648. The van der Waals surface area contributed by atoms with Crippen molar-refractivity contribution in [2.75, 3.05) is 5.32 Å². The molecule has 0 atom stereocenters. The zero-order valence-corrected chi connectivity index (χ0v) is 13.2. The highest BCUT2D eigenvalue weighted by atomic mass is 35.5. The summed E-state index contributed by atoms with van der Waals surface area (Å²) in [5.41, 5.74) is 2.52. The largest absolute Gasteiger partial charge is 0.326 e. The lowest BCUT2D eigenvalue weighted by molar-refractivity contribution is -0.116. The van der Waals surface area contributed by atoms with Crippen molar-refractivity contribution < 1.29 is 9.59 Å². The zero-order valence-electron chi connectivity index (χ0n) is 12.4. The minimum Gasteiger partial charge on any atom is -0.326 e. The lowest BCUT2D eigenvalue weighted by Crippen LogP contribution is -2.13. The van der Waals surface area contributed by atoms with Crippen molar-refractivity contribution in [1.82, 2.24) is 0 Å². The molecule has 0 saturated heterocycles. The predicted octanol–water partition coefficient (Wildman–Crippen LogP) is 4.50. The van der Waals surface area contributed by atoms with Gasteiger partial charge in [0.1, 0.15) is 0 Å². The number of carbonyl (C=O) groups excluding carboxylic acids is 2. The summed E-state index contributed by atoms with van der Waals surface area (Å²) >= 11 is 5.78. The standard InChI is InChI=1S/C18H18ClNO2/c1-2-13-3-5-14(6-4-13)17(21)11-12-18(22)20-16-9-7-15(19)8-10-16/h3-10H,2,11-12H2,1H3,(H,20,22). The Balaban J connectivity index is 1.84. The van der Waals surface area contributed by atoms with Crippen molar-refractivity contribution in [3.05, 3.63) is 64.7 Å². The van der Waals surface area contributed by atoms with Gasteiger partial charge in [-0.2, -0.15) is 0 Å². The number of carbonyl (C=O) groups is 2. The molecule has 0 fully saturated rings. The first-order valence-corrected chi connectivity index (χ1v) is 7.64. The number of ketones is 1. The maximum Gasteiger partial charge on any atom is 0.224 e. The van der Waals surface area contributed by atoms with Crippen LogP contribution in [0.4, 0.5) is 5.69 Å². The molecule has 0 bridgehead atoms. The molecule has 22 heavy (non-hydrogen) atoms. The van der Waals surface area contributed by atoms with Crippen LogP contribution in [0.1, 0.15) is 35.7 Å². The van der Waals surface area contributed by atoms with Gasteiger partial charge < -0.3 is 5.32 Å². The van der Waals surface area contributed by atoms with Crippen LogP contribution in [0.3, 0.4) is 0 Å². The average Bonchev–Trinajstić information content (AvgIpc) is 2.55. The minimum absolute atomic E-state index is 0.0195. The first-order chi connectivity index (χ1) is 10.6. The topological polar surface area (TPSA) is 46.2 Å². The minimum atomic E-state index is -0.180. The predicted molar refractivity (Wildman–Crippen MR) is 89.5 cm³/mol. The molecule has 0 radical (unpaired) electrons. The van der Waals surface area contributed by atoms with Gasteiger partial charge in [-0.3, -0.25) is 9.59 Å². The van der Waals surface area contributed by atoms with Crippen molar-refractivity contribution in [2.45, 2.75) is 26.2 Å². The van der Waals surface area contributed by atoms with Crippen LogP contribution in [0.2, 0.25) is 5.02 Å². The quantitative estimate of drug-likeness (QED) is 0.797. The van der Waals surface area contributed by atoms with E-state index in [9.17, 15) is 9.59 Å². The third-order valence-electron chi connectivity index (χ3n) is 3.39. The summed E-state index contributed by atoms with van der Waals surface area (Å²) in [6, 6.07) is 14.4. The van der Waals surface area contributed by atoms with E-state index in [0.29, 0.717) is 16.3 Å². The number of halogens is 1. The van der Waals surface area contributed by atoms with Gasteiger partial charge in [-0.15, -0.1) is 0 Å². The fourth-order valence-electron chi connectivity index (χ4n) is 2.05. The van der Waals surface area contributed by atoms with Gasteiger partial charge in [-0.1, -0.05) is 42.8 Å². The fraction of sp³-hybridized carbons (Fsp3) is 0.222. The van der Waals surface area contributed by atoms with Crippen molar-refractivity contribution in [2.24, 2.45) is 0 Å². The molecule has 1 amide bonds. The molecule has 0 unspecified atom stereocenters. The molecule has 3 nitrogen and oxygen atoms in total. The van der Waals surface area contributed by atoms with E-state index in [4.69, 9.17) is 11.6 Å². The van der Waals surface area contributed by atoms with E-state index in [-0.39, 0.29) is 24.5 Å². The van der Waals surface area contributed by atoms with Crippen molar-refractivity contribution in [3.8, 4) is 0 Å². The van der Waals surface area contributed by atoms with Gasteiger partial charge in [0.05, 0.1) is 0 Å². The molecule has 114 valence electrons. The van der Waals surface area contributed by atoms with Crippen LogP contribution in [0.5, 0.6) is 0 Å². The van der Waals surface area contributed by atoms with Crippen LogP contribution in [-0.4, -0.2) is 11.7 Å². The Morgan fingerprint density at radius 3 is 2.18 bits per heavy atom.